The smallest absolute Gasteiger partial charge is 0.329 e. The number of rotatable bonds is 8. The molecule has 3 aromatic carbocycles. The van der Waals surface area contributed by atoms with Crippen molar-refractivity contribution < 1.29 is 19.1 Å². The van der Waals surface area contributed by atoms with Crippen LogP contribution in [0.3, 0.4) is 0 Å². The number of benzene rings is 3. The molecule has 1 saturated heterocycles. The lowest BCUT2D eigenvalue weighted by Gasteiger charge is -2.15. The first-order valence-corrected chi connectivity index (χ1v) is 11.4. The van der Waals surface area contributed by atoms with Gasteiger partial charge in [0.05, 0.1) is 18.2 Å². The third-order valence-electron chi connectivity index (χ3n) is 5.25. The first-order valence-electron chi connectivity index (χ1n) is 11.0. The Hall–Kier alpha value is -3.77. The maximum Gasteiger partial charge on any atom is 0.329 e. The number of aryl methyl sites for hydroxylation is 1. The maximum atomic E-state index is 12.9. The number of imide groups is 1. The molecule has 3 aromatic rings. The molecule has 6 nitrogen and oxygen atoms in total. The Balaban J connectivity index is 1.55. The topological polar surface area (TPSA) is 67.9 Å². The summed E-state index contributed by atoms with van der Waals surface area (Å²) in [5.74, 6) is 0.495. The Kier molecular flexibility index (Phi) is 7.18. The molecule has 1 fully saturated rings. The van der Waals surface area contributed by atoms with Crippen LogP contribution in [-0.4, -0.2) is 23.4 Å². The highest BCUT2D eigenvalue weighted by Gasteiger charge is 2.33. The zero-order chi connectivity index (χ0) is 24.1. The first kappa shape index (κ1) is 23.4. The largest absolute Gasteiger partial charge is 0.490 e. The Bertz CT molecular complexity index is 1240. The van der Waals surface area contributed by atoms with Gasteiger partial charge in [-0.05, 0) is 48.7 Å². The Morgan fingerprint density at radius 3 is 2.47 bits per heavy atom. The van der Waals surface area contributed by atoms with Crippen LogP contribution < -0.4 is 14.8 Å². The summed E-state index contributed by atoms with van der Waals surface area (Å²) in [7, 11) is 0. The lowest BCUT2D eigenvalue weighted by atomic mass is 10.1. The standard InChI is InChI=1S/C27H25ClN2O4/c1-3-33-24-15-21(13-22(28)25(24)34-17-20-11-7-8-18(2)12-20)14-23-26(31)30(27(32)29-23)16-19-9-5-4-6-10-19/h4-15H,3,16-17H2,1-2H3,(H,29,32)/b23-14+. The molecular formula is C27H25ClN2O4. The van der Waals surface area contributed by atoms with E-state index in [9.17, 15) is 9.59 Å². The molecule has 1 N–H and O–H groups in total. The van der Waals surface area contributed by atoms with E-state index in [0.717, 1.165) is 16.7 Å². The summed E-state index contributed by atoms with van der Waals surface area (Å²) >= 11 is 6.54. The zero-order valence-electron chi connectivity index (χ0n) is 19.0. The van der Waals surface area contributed by atoms with Crippen molar-refractivity contribution in [2.24, 2.45) is 0 Å². The Morgan fingerprint density at radius 2 is 1.74 bits per heavy atom. The van der Waals surface area contributed by atoms with E-state index < -0.39 is 11.9 Å². The molecule has 4 rings (SSSR count). The van der Waals surface area contributed by atoms with E-state index in [2.05, 4.69) is 5.32 Å². The minimum absolute atomic E-state index is 0.174. The average molecular weight is 477 g/mol. The number of nitrogens with zero attached hydrogens (tertiary/aromatic N) is 1. The minimum Gasteiger partial charge on any atom is -0.490 e. The number of carbonyl (C=O) groups excluding carboxylic acids is 2. The second kappa shape index (κ2) is 10.4. The molecule has 1 aliphatic heterocycles. The van der Waals surface area contributed by atoms with Crippen LogP contribution in [0.5, 0.6) is 11.5 Å². The van der Waals surface area contributed by atoms with Gasteiger partial charge in [0.15, 0.2) is 11.5 Å². The number of nitrogens with one attached hydrogen (secondary N) is 1. The number of urea groups is 1. The van der Waals surface area contributed by atoms with Gasteiger partial charge in [-0.25, -0.2) is 4.79 Å². The van der Waals surface area contributed by atoms with Gasteiger partial charge in [-0.1, -0.05) is 71.8 Å². The Morgan fingerprint density at radius 1 is 0.971 bits per heavy atom. The number of amides is 3. The molecule has 0 radical (unpaired) electrons. The van der Waals surface area contributed by atoms with Gasteiger partial charge in [-0.3, -0.25) is 9.69 Å². The van der Waals surface area contributed by atoms with Crippen LogP contribution in [-0.2, 0) is 17.9 Å². The molecule has 0 unspecified atom stereocenters. The molecular weight excluding hydrogens is 452 g/mol. The van der Waals surface area contributed by atoms with E-state index in [0.29, 0.717) is 35.3 Å². The zero-order valence-corrected chi connectivity index (χ0v) is 19.8. The minimum atomic E-state index is -0.464. The predicted octanol–water partition coefficient (Wildman–Crippen LogP) is 5.72. The van der Waals surface area contributed by atoms with Gasteiger partial charge in [0.25, 0.3) is 5.91 Å². The van der Waals surface area contributed by atoms with Gasteiger partial charge < -0.3 is 14.8 Å². The van der Waals surface area contributed by atoms with Crippen molar-refractivity contribution in [3.63, 3.8) is 0 Å². The first-order chi connectivity index (χ1) is 16.4. The molecule has 0 aliphatic carbocycles. The van der Waals surface area contributed by atoms with E-state index in [1.165, 1.54) is 4.90 Å². The van der Waals surface area contributed by atoms with Crippen molar-refractivity contribution in [2.45, 2.75) is 27.0 Å². The fourth-order valence-electron chi connectivity index (χ4n) is 3.68. The number of carbonyl (C=O) groups is 2. The van der Waals surface area contributed by atoms with E-state index in [4.69, 9.17) is 21.1 Å². The van der Waals surface area contributed by atoms with Gasteiger partial charge in [-0.15, -0.1) is 0 Å². The van der Waals surface area contributed by atoms with E-state index in [1.807, 2.05) is 68.4 Å². The van der Waals surface area contributed by atoms with Crippen LogP contribution >= 0.6 is 11.6 Å². The summed E-state index contributed by atoms with van der Waals surface area (Å²) in [6, 6.07) is 20.3. The van der Waals surface area contributed by atoms with Crippen molar-refractivity contribution in [3.05, 3.63) is 99.7 Å². The van der Waals surface area contributed by atoms with Gasteiger partial charge in [-0.2, -0.15) is 0 Å². The summed E-state index contributed by atoms with van der Waals surface area (Å²) in [6.45, 7) is 4.84. The number of hydrogen-bond acceptors (Lipinski definition) is 4. The molecule has 1 aliphatic rings. The summed E-state index contributed by atoms with van der Waals surface area (Å²) in [5.41, 5.74) is 3.81. The molecule has 0 bridgehead atoms. The molecule has 174 valence electrons. The van der Waals surface area contributed by atoms with Crippen LogP contribution in [0.2, 0.25) is 5.02 Å². The fraction of sp³-hybridized carbons (Fsp3) is 0.185. The molecule has 3 amide bonds. The summed E-state index contributed by atoms with van der Waals surface area (Å²) in [4.78, 5) is 26.4. The van der Waals surface area contributed by atoms with E-state index in [-0.39, 0.29) is 12.2 Å². The van der Waals surface area contributed by atoms with Crippen LogP contribution in [0.4, 0.5) is 4.79 Å². The molecule has 1 heterocycles. The SMILES string of the molecule is CCOc1cc(/C=C2/NC(=O)N(Cc3ccccc3)C2=O)cc(Cl)c1OCc1cccc(C)c1. The number of ether oxygens (including phenoxy) is 2. The lowest BCUT2D eigenvalue weighted by molar-refractivity contribution is -0.123. The Labute approximate surface area is 203 Å². The second-order valence-corrected chi connectivity index (χ2v) is 8.31. The van der Waals surface area contributed by atoms with Crippen molar-refractivity contribution >= 4 is 29.6 Å². The summed E-state index contributed by atoms with van der Waals surface area (Å²) < 4.78 is 11.7. The normalized spacial score (nSPS) is 14.4. The highest BCUT2D eigenvalue weighted by molar-refractivity contribution is 6.32. The highest BCUT2D eigenvalue weighted by Crippen LogP contribution is 2.38. The van der Waals surface area contributed by atoms with Gasteiger partial charge in [0.2, 0.25) is 0 Å². The molecule has 34 heavy (non-hydrogen) atoms. The summed E-state index contributed by atoms with van der Waals surface area (Å²) in [5, 5.41) is 2.99. The number of halogens is 1. The maximum absolute atomic E-state index is 12.9. The van der Waals surface area contributed by atoms with Gasteiger partial charge in [0, 0.05) is 0 Å². The summed E-state index contributed by atoms with van der Waals surface area (Å²) in [6.07, 6.45) is 1.59. The molecule has 7 heteroatoms. The van der Waals surface area contributed by atoms with Crippen molar-refractivity contribution in [2.75, 3.05) is 6.61 Å². The predicted molar refractivity (Wildman–Crippen MR) is 132 cm³/mol. The quantitative estimate of drug-likeness (QED) is 0.333. The van der Waals surface area contributed by atoms with Crippen molar-refractivity contribution in [1.29, 1.82) is 0 Å². The van der Waals surface area contributed by atoms with E-state index in [1.54, 1.807) is 18.2 Å². The second-order valence-electron chi connectivity index (χ2n) is 7.91. The molecule has 0 aromatic heterocycles. The van der Waals surface area contributed by atoms with Crippen LogP contribution in [0.1, 0.15) is 29.2 Å². The van der Waals surface area contributed by atoms with Crippen molar-refractivity contribution in [1.82, 2.24) is 10.2 Å². The van der Waals surface area contributed by atoms with Gasteiger partial charge >= 0.3 is 6.03 Å². The highest BCUT2D eigenvalue weighted by atomic mass is 35.5. The molecule has 0 spiro atoms. The lowest BCUT2D eigenvalue weighted by Crippen LogP contribution is -2.30. The van der Waals surface area contributed by atoms with E-state index >= 15 is 0 Å². The molecule has 0 saturated carbocycles. The number of hydrogen-bond donors (Lipinski definition) is 1. The van der Waals surface area contributed by atoms with Gasteiger partial charge in [0.1, 0.15) is 12.3 Å². The van der Waals surface area contributed by atoms with Crippen LogP contribution in [0.25, 0.3) is 6.08 Å². The fourth-order valence-corrected chi connectivity index (χ4v) is 3.95. The van der Waals surface area contributed by atoms with Crippen LogP contribution in [0, 0.1) is 6.92 Å². The van der Waals surface area contributed by atoms with Crippen molar-refractivity contribution in [3.8, 4) is 11.5 Å². The molecule has 0 atom stereocenters. The van der Waals surface area contributed by atoms with Crippen LogP contribution in [0.15, 0.2) is 72.4 Å². The third kappa shape index (κ3) is 5.41. The monoisotopic (exact) mass is 476 g/mol. The average Bonchev–Trinajstić information content (AvgIpc) is 3.07. The third-order valence-corrected chi connectivity index (χ3v) is 5.53.